The highest BCUT2D eigenvalue weighted by atomic mass is 32.3. The van der Waals surface area contributed by atoms with Crippen molar-refractivity contribution in [2.45, 2.75) is 21.0 Å². The Morgan fingerprint density at radius 1 is 0.611 bits per heavy atom. The van der Waals surface area contributed by atoms with Crippen molar-refractivity contribution in [2.75, 3.05) is 0 Å². The van der Waals surface area contributed by atoms with Crippen LogP contribution in [0.25, 0.3) is 0 Å². The first-order chi connectivity index (χ1) is 17.7. The maximum absolute atomic E-state index is 14.0. The molecule has 0 saturated carbocycles. The van der Waals surface area contributed by atoms with Gasteiger partial charge in [-0.1, -0.05) is 127 Å². The Morgan fingerprint density at radius 2 is 1.03 bits per heavy atom. The van der Waals surface area contributed by atoms with Crippen LogP contribution < -0.4 is 0 Å². The highest BCUT2D eigenvalue weighted by Gasteiger charge is 2.57. The van der Waals surface area contributed by atoms with Gasteiger partial charge in [0.1, 0.15) is 9.16 Å². The Balaban J connectivity index is 1.54. The van der Waals surface area contributed by atoms with Crippen LogP contribution in [0.3, 0.4) is 0 Å². The van der Waals surface area contributed by atoms with E-state index < -0.39 is 15.4 Å². The van der Waals surface area contributed by atoms with Crippen LogP contribution >= 0.6 is 11.8 Å². The molecular formula is C32H26O2S2. The van der Waals surface area contributed by atoms with Gasteiger partial charge in [-0.2, -0.15) is 0 Å². The third-order valence-electron chi connectivity index (χ3n) is 7.17. The normalized spacial score (nSPS) is 24.2. The first kappa shape index (κ1) is 23.2. The molecule has 4 atom stereocenters. The first-order valence-corrected chi connectivity index (χ1v) is 14.4. The van der Waals surface area contributed by atoms with E-state index in [4.69, 9.17) is 0 Å². The zero-order chi connectivity index (χ0) is 24.5. The molecule has 2 unspecified atom stereocenters. The van der Waals surface area contributed by atoms with Gasteiger partial charge in [-0.05, 0) is 27.8 Å². The zero-order valence-corrected chi connectivity index (χ0v) is 21.3. The Labute approximate surface area is 218 Å². The van der Waals surface area contributed by atoms with E-state index in [9.17, 15) is 9.00 Å². The topological polar surface area (TPSA) is 34.1 Å². The van der Waals surface area contributed by atoms with Gasteiger partial charge in [-0.25, -0.2) is 0 Å². The molecular weight excluding hydrogens is 480 g/mol. The van der Waals surface area contributed by atoms with Crippen LogP contribution in [0.4, 0.5) is 0 Å². The summed E-state index contributed by atoms with van der Waals surface area (Å²) in [7, 11) is -1.18. The van der Waals surface area contributed by atoms with Gasteiger partial charge >= 0.3 is 0 Å². The van der Waals surface area contributed by atoms with Crippen LogP contribution in [0.15, 0.2) is 133 Å². The lowest BCUT2D eigenvalue weighted by Gasteiger charge is -2.47. The highest BCUT2D eigenvalue weighted by Crippen LogP contribution is 2.56. The average Bonchev–Trinajstić information content (AvgIpc) is 2.94. The van der Waals surface area contributed by atoms with Crippen molar-refractivity contribution in [2.24, 2.45) is 5.92 Å². The van der Waals surface area contributed by atoms with Crippen molar-refractivity contribution < 1.29 is 9.00 Å². The molecule has 178 valence electrons. The molecule has 3 aliphatic rings. The summed E-state index contributed by atoms with van der Waals surface area (Å²) < 4.78 is 12.6. The molecule has 3 heterocycles. The summed E-state index contributed by atoms with van der Waals surface area (Å²) in [6.07, 6.45) is 2.25. The Morgan fingerprint density at radius 3 is 1.44 bits per heavy atom. The second-order valence-corrected chi connectivity index (χ2v) is 12.7. The number of hydrogen-bond acceptors (Lipinski definition) is 3. The third kappa shape index (κ3) is 4.19. The number of carbonyl (C=O) groups is 1. The third-order valence-corrected chi connectivity index (χ3v) is 11.3. The maximum Gasteiger partial charge on any atom is 0.166 e. The van der Waals surface area contributed by atoms with Crippen LogP contribution in [0.2, 0.25) is 0 Å². The monoisotopic (exact) mass is 506 g/mol. The van der Waals surface area contributed by atoms with Crippen LogP contribution in [-0.4, -0.2) is 19.2 Å². The molecule has 3 aliphatic heterocycles. The van der Waals surface area contributed by atoms with Gasteiger partial charge in [0.05, 0.1) is 16.7 Å². The molecule has 0 N–H and O–H groups in total. The second-order valence-electron chi connectivity index (χ2n) is 9.27. The fraction of sp³-hybridized carbons (Fsp3) is 0.156. The fourth-order valence-corrected chi connectivity index (χ4v) is 8.83. The number of carbonyl (C=O) groups excluding carboxylic acids is 1. The van der Waals surface area contributed by atoms with Gasteiger partial charge in [0.15, 0.2) is 5.78 Å². The van der Waals surface area contributed by atoms with E-state index in [1.165, 1.54) is 0 Å². The van der Waals surface area contributed by atoms with Gasteiger partial charge < -0.3 is 0 Å². The van der Waals surface area contributed by atoms with E-state index in [0.29, 0.717) is 0 Å². The molecule has 0 radical (unpaired) electrons. The summed E-state index contributed by atoms with van der Waals surface area (Å²) in [4.78, 5) is 14.0. The Bertz CT molecular complexity index is 1320. The molecule has 4 aromatic carbocycles. The summed E-state index contributed by atoms with van der Waals surface area (Å²) in [5.74, 6) is -0.412. The maximum atomic E-state index is 14.0. The minimum atomic E-state index is -1.18. The van der Waals surface area contributed by atoms with Crippen molar-refractivity contribution >= 4 is 28.3 Å². The molecule has 2 bridgehead atoms. The number of ketones is 1. The predicted molar refractivity (Wildman–Crippen MR) is 149 cm³/mol. The lowest BCUT2D eigenvalue weighted by molar-refractivity contribution is -0.120. The average molecular weight is 507 g/mol. The smallest absolute Gasteiger partial charge is 0.166 e. The molecule has 2 nitrogen and oxygen atoms in total. The van der Waals surface area contributed by atoms with Crippen LogP contribution in [-0.2, 0) is 15.6 Å². The molecule has 4 heteroatoms. The van der Waals surface area contributed by atoms with Crippen molar-refractivity contribution in [1.82, 2.24) is 0 Å². The van der Waals surface area contributed by atoms with E-state index >= 15 is 0 Å². The van der Waals surface area contributed by atoms with Gasteiger partial charge in [-0.3, -0.25) is 9.00 Å². The molecule has 0 aromatic heterocycles. The first-order valence-electron chi connectivity index (χ1n) is 12.2. The lowest BCUT2D eigenvalue weighted by Crippen LogP contribution is -2.53. The Kier molecular flexibility index (Phi) is 6.47. The number of thioether (sulfide) groups is 1. The number of allylic oxidation sites excluding steroid dienone is 1. The summed E-state index contributed by atoms with van der Waals surface area (Å²) in [5, 5.41) is 0. The predicted octanol–water partition coefficient (Wildman–Crippen LogP) is 6.92. The summed E-state index contributed by atoms with van der Waals surface area (Å²) in [5.41, 5.74) is 5.55. The number of benzene rings is 4. The van der Waals surface area contributed by atoms with Gasteiger partial charge in [0.25, 0.3) is 0 Å². The van der Waals surface area contributed by atoms with E-state index in [2.05, 4.69) is 78.9 Å². The number of Topliss-reactive ketones (excluding diaryl/α,β-unsaturated/α-hetero) is 1. The number of fused-ring (bicyclic) bond motifs is 2. The molecule has 36 heavy (non-hydrogen) atoms. The molecule has 3 fully saturated rings. The minimum absolute atomic E-state index is 0.0281. The fourth-order valence-electron chi connectivity index (χ4n) is 5.47. The quantitative estimate of drug-likeness (QED) is 0.266. The molecule has 0 spiro atoms. The number of rotatable bonds is 6. The van der Waals surface area contributed by atoms with Crippen LogP contribution in [0.1, 0.15) is 34.1 Å². The highest BCUT2D eigenvalue weighted by molar-refractivity contribution is 8.28. The summed E-state index contributed by atoms with van der Waals surface area (Å²) in [6.45, 7) is 0. The minimum Gasteiger partial charge on any atom is -0.297 e. The molecule has 7 rings (SSSR count). The van der Waals surface area contributed by atoms with E-state index in [1.807, 2.05) is 48.5 Å². The second kappa shape index (κ2) is 10.0. The summed E-state index contributed by atoms with van der Waals surface area (Å²) in [6, 6.07) is 41.4. The van der Waals surface area contributed by atoms with Crippen molar-refractivity contribution in [3.63, 3.8) is 0 Å². The van der Waals surface area contributed by atoms with Gasteiger partial charge in [0, 0.05) is 11.8 Å². The van der Waals surface area contributed by atoms with Crippen molar-refractivity contribution in [1.29, 1.82) is 0 Å². The van der Waals surface area contributed by atoms with E-state index in [0.717, 1.165) is 27.8 Å². The number of hydrogen-bond donors (Lipinski definition) is 0. The molecule has 3 saturated heterocycles. The van der Waals surface area contributed by atoms with E-state index in [1.54, 1.807) is 11.8 Å². The molecule has 0 aliphatic carbocycles. The zero-order valence-electron chi connectivity index (χ0n) is 19.6. The van der Waals surface area contributed by atoms with E-state index in [-0.39, 0.29) is 28.1 Å². The Hall–Kier alpha value is -3.21. The van der Waals surface area contributed by atoms with Crippen molar-refractivity contribution in [3.8, 4) is 0 Å². The van der Waals surface area contributed by atoms with Crippen LogP contribution in [0, 0.1) is 5.92 Å². The van der Waals surface area contributed by atoms with Gasteiger partial charge in [-0.15, -0.1) is 11.8 Å². The summed E-state index contributed by atoms with van der Waals surface area (Å²) >= 11 is 1.57. The standard InChI is InChI=1S/C32H26O2S2/c33-30-29(28(24-17-9-3-10-18-24)25-19-11-4-12-20-25)27(31-35-32(30)36(31)34)21-26(22-13-5-1-6-14-22)23-15-7-2-8-16-23/h1-21,26,28-29,31-32H/b27-21+/t29?,31-,32+,36?/m0/s1. The van der Waals surface area contributed by atoms with Crippen LogP contribution in [0.5, 0.6) is 0 Å². The molecule has 4 aromatic rings. The largest absolute Gasteiger partial charge is 0.297 e. The SMILES string of the molecule is O=C1C(C(c2ccccc2)c2ccccc2)/C(=C\C(c2ccccc2)c2ccccc2)[C@H]2S[C@@H]1S2=O. The van der Waals surface area contributed by atoms with Gasteiger partial charge in [0.2, 0.25) is 0 Å². The van der Waals surface area contributed by atoms with Crippen molar-refractivity contribution in [3.05, 3.63) is 155 Å². The molecule has 0 amide bonds. The lowest BCUT2D eigenvalue weighted by atomic mass is 9.73.